The number of rotatable bonds is 3. The topological polar surface area (TPSA) is 49.7 Å². The average Bonchev–Trinajstić information content (AvgIpc) is 2.71. The first-order chi connectivity index (χ1) is 9.74. The Balaban J connectivity index is 2.40. The molecule has 114 valence electrons. The number of hydrogen-bond acceptors (Lipinski definition) is 2. The van der Waals surface area contributed by atoms with Gasteiger partial charge in [-0.1, -0.05) is 11.6 Å². The first kappa shape index (κ1) is 16.2. The molecule has 0 radical (unpaired) electrons. The molecule has 1 aliphatic rings. The average molecular weight is 327 g/mol. The van der Waals surface area contributed by atoms with Crippen LogP contribution in [0, 0.1) is 0 Å². The fraction of sp³-hybridized carbons (Fsp3) is 0.467. The van der Waals surface area contributed by atoms with Gasteiger partial charge in [-0.25, -0.2) is 4.21 Å². The van der Waals surface area contributed by atoms with Crippen molar-refractivity contribution in [3.63, 3.8) is 0 Å². The third-order valence-corrected chi connectivity index (χ3v) is 4.87. The van der Waals surface area contributed by atoms with E-state index < -0.39 is 15.7 Å². The van der Waals surface area contributed by atoms with E-state index in [0.717, 1.165) is 11.1 Å². The van der Waals surface area contributed by atoms with Crippen LogP contribution in [-0.2, 0) is 17.5 Å². The van der Waals surface area contributed by atoms with Crippen molar-refractivity contribution in [1.82, 2.24) is 4.90 Å². The van der Waals surface area contributed by atoms with E-state index in [1.807, 2.05) is 27.7 Å². The molecule has 1 amide bonds. The Hall–Kier alpha value is -1.20. The van der Waals surface area contributed by atoms with Gasteiger partial charge in [-0.05, 0) is 45.4 Å². The molecule has 1 aliphatic heterocycles. The summed E-state index contributed by atoms with van der Waals surface area (Å²) in [5, 5.41) is 0.489. The zero-order valence-electron chi connectivity index (χ0n) is 12.6. The van der Waals surface area contributed by atoms with Gasteiger partial charge in [-0.3, -0.25) is 4.79 Å². The van der Waals surface area contributed by atoms with Gasteiger partial charge < -0.3 is 4.90 Å². The molecule has 0 N–H and O–H groups in total. The van der Waals surface area contributed by atoms with Crippen LogP contribution < -0.4 is 0 Å². The first-order valence-electron chi connectivity index (χ1n) is 6.81. The van der Waals surface area contributed by atoms with Gasteiger partial charge in [0.15, 0.2) is 0 Å². The third kappa shape index (κ3) is 3.35. The van der Waals surface area contributed by atoms with E-state index in [4.69, 9.17) is 11.6 Å². The highest BCUT2D eigenvalue weighted by Gasteiger charge is 2.28. The second-order valence-electron chi connectivity index (χ2n) is 5.94. The minimum Gasteiger partial charge on any atom is -0.335 e. The van der Waals surface area contributed by atoms with Crippen molar-refractivity contribution in [3.8, 4) is 0 Å². The smallest absolute Gasteiger partial charge is 0.254 e. The summed E-state index contributed by atoms with van der Waals surface area (Å²) in [5.41, 5.74) is 2.28. The maximum absolute atomic E-state index is 12.2. The van der Waals surface area contributed by atoms with Crippen molar-refractivity contribution in [2.45, 2.75) is 39.0 Å². The van der Waals surface area contributed by atoms with E-state index in [2.05, 4.69) is 4.40 Å². The van der Waals surface area contributed by atoms with Crippen LogP contribution >= 0.6 is 11.6 Å². The monoisotopic (exact) mass is 326 g/mol. The number of nitrogens with zero attached hydrogens (tertiary/aromatic N) is 2. The molecule has 1 heterocycles. The fourth-order valence-electron chi connectivity index (χ4n) is 2.09. The predicted octanol–water partition coefficient (Wildman–Crippen LogP) is 3.20. The molecular formula is C15H19ClN2O2S. The summed E-state index contributed by atoms with van der Waals surface area (Å²) in [5.74, 6) is -0.0124. The van der Waals surface area contributed by atoms with Gasteiger partial charge in [0.1, 0.15) is 11.0 Å². The van der Waals surface area contributed by atoms with E-state index in [9.17, 15) is 9.00 Å². The van der Waals surface area contributed by atoms with E-state index >= 15 is 0 Å². The largest absolute Gasteiger partial charge is 0.335 e. The van der Waals surface area contributed by atoms with Crippen molar-refractivity contribution < 1.29 is 9.00 Å². The van der Waals surface area contributed by atoms with Crippen LogP contribution in [0.1, 0.15) is 49.2 Å². The van der Waals surface area contributed by atoms with Crippen LogP contribution in [0.4, 0.5) is 0 Å². The Morgan fingerprint density at radius 2 is 2.10 bits per heavy atom. The molecule has 21 heavy (non-hydrogen) atoms. The lowest BCUT2D eigenvalue weighted by molar-refractivity contribution is 0.0787. The number of carbonyl (C=O) groups is 1. The zero-order chi connectivity index (χ0) is 15.8. The van der Waals surface area contributed by atoms with Gasteiger partial charge >= 0.3 is 0 Å². The Kier molecular flexibility index (Phi) is 4.54. The molecule has 2 rings (SSSR count). The predicted molar refractivity (Wildman–Crippen MR) is 87.4 cm³/mol. The molecule has 0 saturated carbocycles. The molecule has 0 spiro atoms. The number of benzene rings is 1. The fourth-order valence-corrected chi connectivity index (χ4v) is 2.84. The summed E-state index contributed by atoms with van der Waals surface area (Å²) in [7, 11) is -1.33. The summed E-state index contributed by atoms with van der Waals surface area (Å²) in [6.45, 7) is 8.73. The Morgan fingerprint density at radius 3 is 2.67 bits per heavy atom. The van der Waals surface area contributed by atoms with Crippen LogP contribution in [-0.4, -0.2) is 32.5 Å². The third-order valence-electron chi connectivity index (χ3n) is 3.31. The first-order valence-corrected chi connectivity index (χ1v) is 8.30. The van der Waals surface area contributed by atoms with Gasteiger partial charge in [-0.2, -0.15) is 4.40 Å². The molecule has 0 saturated heterocycles. The molecule has 6 heteroatoms. The number of carbonyl (C=O) groups excluding carboxylic acids is 1. The van der Waals surface area contributed by atoms with Crippen molar-refractivity contribution in [2.24, 2.45) is 4.40 Å². The van der Waals surface area contributed by atoms with Gasteiger partial charge in [0, 0.05) is 35.5 Å². The molecule has 0 aromatic heterocycles. The Bertz CT molecular complexity index is 635. The molecule has 0 fully saturated rings. The highest BCUT2D eigenvalue weighted by atomic mass is 35.5. The number of hydrogen-bond donors (Lipinski definition) is 0. The molecule has 0 aliphatic carbocycles. The van der Waals surface area contributed by atoms with Gasteiger partial charge in [0.05, 0.1) is 4.75 Å². The van der Waals surface area contributed by atoms with Crippen LogP contribution in [0.3, 0.4) is 0 Å². The second-order valence-corrected chi connectivity index (χ2v) is 8.31. The lowest BCUT2D eigenvalue weighted by Crippen LogP contribution is -2.22. The molecular weight excluding hydrogens is 308 g/mol. The molecule has 1 atom stereocenters. The number of halogens is 1. The van der Waals surface area contributed by atoms with E-state index in [-0.39, 0.29) is 5.91 Å². The summed E-state index contributed by atoms with van der Waals surface area (Å²) in [6, 6.07) is 3.45. The molecule has 1 aromatic rings. The Labute approximate surface area is 132 Å². The normalized spacial score (nSPS) is 16.6. The molecule has 1 unspecified atom stereocenters. The highest BCUT2D eigenvalue weighted by Crippen LogP contribution is 2.28. The SMILES string of the molecule is CCN1Cc2c(/C=N/S(=O)C(C)(C)C)cc(Cl)cc2C1=O. The minimum atomic E-state index is -1.33. The van der Waals surface area contributed by atoms with E-state index in [1.54, 1.807) is 23.2 Å². The van der Waals surface area contributed by atoms with Crippen LogP contribution in [0.5, 0.6) is 0 Å². The van der Waals surface area contributed by atoms with Crippen molar-refractivity contribution in [1.29, 1.82) is 0 Å². The molecule has 4 nitrogen and oxygen atoms in total. The molecule has 0 bridgehead atoms. The summed E-state index contributed by atoms with van der Waals surface area (Å²) < 4.78 is 15.7. The van der Waals surface area contributed by atoms with Crippen LogP contribution in [0.15, 0.2) is 16.5 Å². The molecule has 1 aromatic carbocycles. The number of fused-ring (bicyclic) bond motifs is 1. The zero-order valence-corrected chi connectivity index (χ0v) is 14.2. The summed E-state index contributed by atoms with van der Waals surface area (Å²) in [6.07, 6.45) is 1.57. The van der Waals surface area contributed by atoms with Gasteiger partial charge in [-0.15, -0.1) is 0 Å². The lowest BCUT2D eigenvalue weighted by atomic mass is 10.0. The van der Waals surface area contributed by atoms with Crippen molar-refractivity contribution in [2.75, 3.05) is 6.54 Å². The maximum atomic E-state index is 12.2. The van der Waals surface area contributed by atoms with Gasteiger partial charge in [0.25, 0.3) is 5.91 Å². The van der Waals surface area contributed by atoms with Crippen LogP contribution in [0.25, 0.3) is 0 Å². The summed E-state index contributed by atoms with van der Waals surface area (Å²) >= 11 is 6.08. The van der Waals surface area contributed by atoms with Crippen molar-refractivity contribution in [3.05, 3.63) is 33.8 Å². The summed E-state index contributed by atoms with van der Waals surface area (Å²) in [4.78, 5) is 13.9. The maximum Gasteiger partial charge on any atom is 0.254 e. The highest BCUT2D eigenvalue weighted by molar-refractivity contribution is 7.85. The standard InChI is InChI=1S/C15H19ClN2O2S/c1-5-18-9-13-10(8-17-21(20)15(2,3)4)6-11(16)7-12(13)14(18)19/h6-8H,5,9H2,1-4H3/b17-8+. The second kappa shape index (κ2) is 5.89. The number of amides is 1. The minimum absolute atomic E-state index is 0.0124. The lowest BCUT2D eigenvalue weighted by Gasteiger charge is -2.13. The van der Waals surface area contributed by atoms with E-state index in [0.29, 0.717) is 23.7 Å². The van der Waals surface area contributed by atoms with Crippen LogP contribution in [0.2, 0.25) is 5.02 Å². The van der Waals surface area contributed by atoms with Crippen molar-refractivity contribution >= 4 is 34.7 Å². The van der Waals surface area contributed by atoms with E-state index in [1.165, 1.54) is 0 Å². The van der Waals surface area contributed by atoms with Gasteiger partial charge in [0.2, 0.25) is 0 Å². The quantitative estimate of drug-likeness (QED) is 0.801. The Morgan fingerprint density at radius 1 is 1.43 bits per heavy atom.